The van der Waals surface area contributed by atoms with E-state index in [0.29, 0.717) is 5.92 Å². The summed E-state index contributed by atoms with van der Waals surface area (Å²) in [4.78, 5) is 24.0. The van der Waals surface area contributed by atoms with Crippen LogP contribution in [0, 0.1) is 6.92 Å². The van der Waals surface area contributed by atoms with Crippen molar-refractivity contribution in [2.75, 3.05) is 11.9 Å². The molecule has 126 valence electrons. The largest absolute Gasteiger partial charge is 0.347 e. The number of carbonyl (C=O) groups excluding carboxylic acids is 2. The fourth-order valence-electron chi connectivity index (χ4n) is 2.56. The number of nitrogens with one attached hydrogen (secondary N) is 2. The lowest BCUT2D eigenvalue weighted by Gasteiger charge is -2.14. The van der Waals surface area contributed by atoms with E-state index in [0.717, 1.165) is 22.4 Å². The van der Waals surface area contributed by atoms with Crippen LogP contribution in [0.2, 0.25) is 0 Å². The first kappa shape index (κ1) is 17.7. The highest BCUT2D eigenvalue weighted by Gasteiger charge is 2.10. The Kier molecular flexibility index (Phi) is 6.13. The summed E-state index contributed by atoms with van der Waals surface area (Å²) in [6, 6.07) is 15.5. The number of rotatable bonds is 6. The topological polar surface area (TPSA) is 58.2 Å². The summed E-state index contributed by atoms with van der Waals surface area (Å²) in [7, 11) is 0. The average Bonchev–Trinajstić information content (AvgIpc) is 2.53. The maximum absolute atomic E-state index is 12.1. The van der Waals surface area contributed by atoms with E-state index in [4.69, 9.17) is 0 Å². The van der Waals surface area contributed by atoms with Crippen LogP contribution in [0.3, 0.4) is 0 Å². The highest BCUT2D eigenvalue weighted by Crippen LogP contribution is 2.23. The first-order valence-electron chi connectivity index (χ1n) is 8.16. The summed E-state index contributed by atoms with van der Waals surface area (Å²) in [5.41, 5.74) is 3.93. The Hall–Kier alpha value is -2.62. The quantitative estimate of drug-likeness (QED) is 0.855. The maximum atomic E-state index is 12.1. The van der Waals surface area contributed by atoms with Crippen LogP contribution in [0.25, 0.3) is 0 Å². The van der Waals surface area contributed by atoms with Crippen LogP contribution >= 0.6 is 0 Å². The molecule has 0 aliphatic rings. The summed E-state index contributed by atoms with van der Waals surface area (Å²) in [6.45, 7) is 6.11. The lowest BCUT2D eigenvalue weighted by molar-refractivity contribution is -0.123. The minimum atomic E-state index is -0.222. The first-order valence-corrected chi connectivity index (χ1v) is 8.16. The molecule has 2 aromatic carbocycles. The zero-order chi connectivity index (χ0) is 17.5. The lowest BCUT2D eigenvalue weighted by atomic mass is 10.0. The summed E-state index contributed by atoms with van der Waals surface area (Å²) >= 11 is 0. The van der Waals surface area contributed by atoms with Gasteiger partial charge in [0.15, 0.2) is 0 Å². The van der Waals surface area contributed by atoms with Crippen molar-refractivity contribution in [1.29, 1.82) is 0 Å². The van der Waals surface area contributed by atoms with Gasteiger partial charge >= 0.3 is 0 Å². The van der Waals surface area contributed by atoms with Gasteiger partial charge in [-0.1, -0.05) is 61.9 Å². The first-order chi connectivity index (χ1) is 11.5. The zero-order valence-corrected chi connectivity index (χ0v) is 14.4. The highest BCUT2D eigenvalue weighted by molar-refractivity contribution is 5.95. The molecule has 0 radical (unpaired) electrons. The number of amides is 2. The molecular formula is C20H24N2O2. The summed E-state index contributed by atoms with van der Waals surface area (Å²) in [5.74, 6) is -0.0639. The standard InChI is InChI=1S/C20H24N2O2/c1-14(2)17-9-4-5-10-18(17)22-20(24)13-21-19(23)12-16-8-6-7-15(3)11-16/h4-11,14H,12-13H2,1-3H3,(H,21,23)(H,22,24). The van der Waals surface area contributed by atoms with Crippen molar-refractivity contribution >= 4 is 17.5 Å². The van der Waals surface area contributed by atoms with Crippen molar-refractivity contribution in [1.82, 2.24) is 5.32 Å². The number of anilines is 1. The molecule has 4 heteroatoms. The summed E-state index contributed by atoms with van der Waals surface area (Å²) < 4.78 is 0. The Bertz CT molecular complexity index is 723. The number of aryl methyl sites for hydroxylation is 1. The number of hydrogen-bond donors (Lipinski definition) is 2. The van der Waals surface area contributed by atoms with Gasteiger partial charge in [0.1, 0.15) is 0 Å². The van der Waals surface area contributed by atoms with Gasteiger partial charge in [-0.15, -0.1) is 0 Å². The van der Waals surface area contributed by atoms with Gasteiger partial charge in [-0.25, -0.2) is 0 Å². The average molecular weight is 324 g/mol. The van der Waals surface area contributed by atoms with Crippen molar-refractivity contribution in [3.8, 4) is 0 Å². The van der Waals surface area contributed by atoms with Gasteiger partial charge in [-0.3, -0.25) is 9.59 Å². The molecule has 24 heavy (non-hydrogen) atoms. The van der Waals surface area contributed by atoms with Crippen LogP contribution in [0.15, 0.2) is 48.5 Å². The molecule has 0 unspecified atom stereocenters. The molecule has 0 atom stereocenters. The normalized spacial score (nSPS) is 10.5. The van der Waals surface area contributed by atoms with Crippen molar-refractivity contribution in [2.45, 2.75) is 33.1 Å². The SMILES string of the molecule is Cc1cccc(CC(=O)NCC(=O)Nc2ccccc2C(C)C)c1. The molecule has 2 N–H and O–H groups in total. The van der Waals surface area contributed by atoms with Gasteiger partial charge in [0.05, 0.1) is 13.0 Å². The third-order valence-electron chi connectivity index (χ3n) is 3.75. The molecule has 0 spiro atoms. The molecule has 0 aliphatic carbocycles. The highest BCUT2D eigenvalue weighted by atomic mass is 16.2. The molecule has 0 aromatic heterocycles. The fraction of sp³-hybridized carbons (Fsp3) is 0.300. The summed E-state index contributed by atoms with van der Waals surface area (Å²) in [5, 5.41) is 5.53. The molecule has 0 saturated carbocycles. The van der Waals surface area contributed by atoms with Crippen LogP contribution in [-0.4, -0.2) is 18.4 Å². The molecule has 4 nitrogen and oxygen atoms in total. The number of hydrogen-bond acceptors (Lipinski definition) is 2. The molecule has 2 amide bonds. The molecule has 0 aliphatic heterocycles. The lowest BCUT2D eigenvalue weighted by Crippen LogP contribution is -2.34. The van der Waals surface area contributed by atoms with Crippen LogP contribution in [-0.2, 0) is 16.0 Å². The van der Waals surface area contributed by atoms with Gasteiger partial charge < -0.3 is 10.6 Å². The van der Waals surface area contributed by atoms with Crippen molar-refractivity contribution < 1.29 is 9.59 Å². The predicted octanol–water partition coefficient (Wildman–Crippen LogP) is 3.42. The van der Waals surface area contributed by atoms with Gasteiger partial charge in [0, 0.05) is 5.69 Å². The second-order valence-electron chi connectivity index (χ2n) is 6.23. The van der Waals surface area contributed by atoms with Gasteiger partial charge in [-0.2, -0.15) is 0 Å². The fourth-order valence-corrected chi connectivity index (χ4v) is 2.56. The Morgan fingerprint density at radius 1 is 1.00 bits per heavy atom. The second kappa shape index (κ2) is 8.29. The van der Waals surface area contributed by atoms with Gasteiger partial charge in [0.2, 0.25) is 11.8 Å². The van der Waals surface area contributed by atoms with E-state index < -0.39 is 0 Å². The van der Waals surface area contributed by atoms with Crippen LogP contribution in [0.5, 0.6) is 0 Å². The Balaban J connectivity index is 1.86. The molecule has 0 fully saturated rings. The monoisotopic (exact) mass is 324 g/mol. The van der Waals surface area contributed by atoms with Crippen LogP contribution < -0.4 is 10.6 Å². The van der Waals surface area contributed by atoms with E-state index in [1.807, 2.05) is 55.5 Å². The number of para-hydroxylation sites is 1. The van der Waals surface area contributed by atoms with E-state index in [1.54, 1.807) is 0 Å². The van der Waals surface area contributed by atoms with E-state index in [-0.39, 0.29) is 24.8 Å². The molecule has 0 heterocycles. The van der Waals surface area contributed by atoms with Crippen molar-refractivity contribution in [2.24, 2.45) is 0 Å². The van der Waals surface area contributed by atoms with E-state index in [9.17, 15) is 9.59 Å². The second-order valence-corrected chi connectivity index (χ2v) is 6.23. The minimum Gasteiger partial charge on any atom is -0.347 e. The van der Waals surface area contributed by atoms with E-state index in [2.05, 4.69) is 24.5 Å². The predicted molar refractivity (Wildman–Crippen MR) is 97.1 cm³/mol. The van der Waals surface area contributed by atoms with Gasteiger partial charge in [0.25, 0.3) is 0 Å². The summed E-state index contributed by atoms with van der Waals surface area (Å²) in [6.07, 6.45) is 0.275. The minimum absolute atomic E-state index is 0.0307. The van der Waals surface area contributed by atoms with Crippen LogP contribution in [0.1, 0.15) is 36.5 Å². The Morgan fingerprint density at radius 3 is 2.46 bits per heavy atom. The van der Waals surface area contributed by atoms with E-state index >= 15 is 0 Å². The van der Waals surface area contributed by atoms with Gasteiger partial charge in [-0.05, 0) is 30.0 Å². The zero-order valence-electron chi connectivity index (χ0n) is 14.4. The molecular weight excluding hydrogens is 300 g/mol. The van der Waals surface area contributed by atoms with Crippen molar-refractivity contribution in [3.63, 3.8) is 0 Å². The van der Waals surface area contributed by atoms with Crippen molar-refractivity contribution in [3.05, 3.63) is 65.2 Å². The third-order valence-corrected chi connectivity index (χ3v) is 3.75. The Labute approximate surface area is 143 Å². The molecule has 2 aromatic rings. The van der Waals surface area contributed by atoms with E-state index in [1.165, 1.54) is 0 Å². The number of benzene rings is 2. The maximum Gasteiger partial charge on any atom is 0.243 e. The molecule has 0 bridgehead atoms. The molecule has 2 rings (SSSR count). The number of carbonyl (C=O) groups is 2. The smallest absolute Gasteiger partial charge is 0.243 e. The van der Waals surface area contributed by atoms with Crippen LogP contribution in [0.4, 0.5) is 5.69 Å². The molecule has 0 saturated heterocycles. The Morgan fingerprint density at radius 2 is 1.75 bits per heavy atom. The third kappa shape index (κ3) is 5.23.